The summed E-state index contributed by atoms with van der Waals surface area (Å²) in [5.41, 5.74) is -1.42. The van der Waals surface area contributed by atoms with Gasteiger partial charge in [-0.2, -0.15) is 18.3 Å². The van der Waals surface area contributed by atoms with E-state index in [0.717, 1.165) is 22.9 Å². The topological polar surface area (TPSA) is 93.5 Å². The van der Waals surface area contributed by atoms with Crippen LogP contribution < -0.4 is 15.5 Å². The Hall–Kier alpha value is -4.15. The molecule has 3 rings (SSSR count). The number of rotatable bonds is 6. The lowest BCUT2D eigenvalue weighted by molar-refractivity contribution is -0.137. The number of halogens is 3. The second-order valence-corrected chi connectivity index (χ2v) is 7.51. The molecule has 0 atom stereocenters. The number of nitrogens with zero attached hydrogens (tertiary/aromatic N) is 3. The molecule has 3 aromatic rings. The normalized spacial score (nSPS) is 11.1. The number of benzene rings is 2. The molecule has 2 aromatic carbocycles. The van der Waals surface area contributed by atoms with Crippen LogP contribution in [0.15, 0.2) is 59.4 Å². The van der Waals surface area contributed by atoms with Crippen molar-refractivity contribution in [1.82, 2.24) is 14.7 Å². The molecule has 0 saturated carbocycles. The molecular weight excluding hydrogens is 453 g/mol. The summed E-state index contributed by atoms with van der Waals surface area (Å²) in [6.45, 7) is 1.34. The average molecular weight is 474 g/mol. The Balaban J connectivity index is 1.81. The molecule has 178 valence electrons. The van der Waals surface area contributed by atoms with Crippen LogP contribution in [0.5, 0.6) is 5.75 Å². The zero-order chi connectivity index (χ0) is 25.0. The molecule has 0 fully saturated rings. The van der Waals surface area contributed by atoms with E-state index in [-0.39, 0.29) is 23.9 Å². The monoisotopic (exact) mass is 474 g/mol. The summed E-state index contributed by atoms with van der Waals surface area (Å²) in [5, 5.41) is 6.52. The molecule has 1 heterocycles. The second kappa shape index (κ2) is 9.77. The number of alkyl halides is 3. The Morgan fingerprint density at radius 2 is 1.76 bits per heavy atom. The van der Waals surface area contributed by atoms with Crippen molar-refractivity contribution < 1.29 is 27.5 Å². The van der Waals surface area contributed by atoms with Crippen molar-refractivity contribution in [3.63, 3.8) is 0 Å². The second-order valence-electron chi connectivity index (χ2n) is 7.51. The van der Waals surface area contributed by atoms with Gasteiger partial charge in [-0.15, -0.1) is 0 Å². The standard InChI is InChI=1S/C23H21F3N4O4/c1-14-11-19(31)21(28-30(14)17-6-4-5-15(12-17)23(24,25)26)22(33)27-16-7-9-18(10-8-16)34-13-20(32)29(2)3/h4-12H,13H2,1-3H3,(H,27,33). The van der Waals surface area contributed by atoms with Gasteiger partial charge in [0.2, 0.25) is 5.43 Å². The molecule has 1 aromatic heterocycles. The van der Waals surface area contributed by atoms with Gasteiger partial charge in [0.05, 0.1) is 11.3 Å². The van der Waals surface area contributed by atoms with E-state index in [4.69, 9.17) is 4.74 Å². The van der Waals surface area contributed by atoms with E-state index in [9.17, 15) is 27.6 Å². The number of aryl methyl sites for hydroxylation is 1. The number of aromatic nitrogens is 2. The molecule has 2 amide bonds. The lowest BCUT2D eigenvalue weighted by Crippen LogP contribution is -2.27. The highest BCUT2D eigenvalue weighted by Gasteiger charge is 2.30. The molecular formula is C23H21F3N4O4. The van der Waals surface area contributed by atoms with Crippen molar-refractivity contribution in [2.45, 2.75) is 13.1 Å². The third-order valence-electron chi connectivity index (χ3n) is 4.71. The van der Waals surface area contributed by atoms with Crippen LogP contribution in [0.3, 0.4) is 0 Å². The molecule has 0 aliphatic rings. The first-order valence-electron chi connectivity index (χ1n) is 9.98. The number of hydrogen-bond donors (Lipinski definition) is 1. The summed E-state index contributed by atoms with van der Waals surface area (Å²) in [6, 6.07) is 11.6. The minimum absolute atomic E-state index is 0.0511. The highest BCUT2D eigenvalue weighted by Crippen LogP contribution is 2.30. The first-order chi connectivity index (χ1) is 16.0. The number of likely N-dealkylation sites (N-methyl/N-ethyl adjacent to an activating group) is 1. The summed E-state index contributed by atoms with van der Waals surface area (Å²) in [5.74, 6) is -0.657. The van der Waals surface area contributed by atoms with Crippen molar-refractivity contribution in [2.24, 2.45) is 0 Å². The van der Waals surface area contributed by atoms with E-state index in [1.54, 1.807) is 14.1 Å². The smallest absolute Gasteiger partial charge is 0.416 e. The highest BCUT2D eigenvalue weighted by atomic mass is 19.4. The van der Waals surface area contributed by atoms with Crippen molar-refractivity contribution >= 4 is 17.5 Å². The summed E-state index contributed by atoms with van der Waals surface area (Å²) in [4.78, 5) is 38.0. The maximum Gasteiger partial charge on any atom is 0.416 e. The van der Waals surface area contributed by atoms with Crippen LogP contribution in [0.1, 0.15) is 21.7 Å². The molecule has 0 aliphatic heterocycles. The van der Waals surface area contributed by atoms with Gasteiger partial charge in [0, 0.05) is 31.5 Å². The van der Waals surface area contributed by atoms with Crippen LogP contribution >= 0.6 is 0 Å². The van der Waals surface area contributed by atoms with Gasteiger partial charge < -0.3 is 15.0 Å². The highest BCUT2D eigenvalue weighted by molar-refractivity contribution is 6.02. The van der Waals surface area contributed by atoms with Gasteiger partial charge in [-0.25, -0.2) is 4.68 Å². The number of carbonyl (C=O) groups excluding carboxylic acids is 2. The van der Waals surface area contributed by atoms with Crippen molar-refractivity contribution in [1.29, 1.82) is 0 Å². The van der Waals surface area contributed by atoms with Gasteiger partial charge >= 0.3 is 6.18 Å². The maximum atomic E-state index is 13.1. The fraction of sp³-hybridized carbons (Fsp3) is 0.217. The average Bonchev–Trinajstić information content (AvgIpc) is 2.77. The predicted molar refractivity (Wildman–Crippen MR) is 118 cm³/mol. The number of carbonyl (C=O) groups is 2. The maximum absolute atomic E-state index is 13.1. The van der Waals surface area contributed by atoms with E-state index >= 15 is 0 Å². The molecule has 0 unspecified atom stereocenters. The Kier molecular flexibility index (Phi) is 7.04. The number of nitrogens with one attached hydrogen (secondary N) is 1. The third-order valence-corrected chi connectivity index (χ3v) is 4.71. The number of amides is 2. The van der Waals surface area contributed by atoms with Gasteiger partial charge in [0.15, 0.2) is 12.3 Å². The molecule has 0 bridgehead atoms. The van der Waals surface area contributed by atoms with Crippen LogP contribution in [0, 0.1) is 6.92 Å². The minimum Gasteiger partial charge on any atom is -0.484 e. The molecule has 0 saturated heterocycles. The lowest BCUT2D eigenvalue weighted by atomic mass is 10.2. The number of ether oxygens (including phenoxy) is 1. The minimum atomic E-state index is -4.56. The van der Waals surface area contributed by atoms with E-state index in [1.165, 1.54) is 48.2 Å². The Labute approximate surface area is 192 Å². The van der Waals surface area contributed by atoms with Crippen molar-refractivity contribution in [2.75, 3.05) is 26.0 Å². The van der Waals surface area contributed by atoms with Crippen LogP contribution in [0.25, 0.3) is 5.69 Å². The largest absolute Gasteiger partial charge is 0.484 e. The van der Waals surface area contributed by atoms with Gasteiger partial charge in [0.1, 0.15) is 5.75 Å². The van der Waals surface area contributed by atoms with Crippen LogP contribution in [0.4, 0.5) is 18.9 Å². The Bertz CT molecular complexity index is 1270. The van der Waals surface area contributed by atoms with Crippen molar-refractivity contribution in [3.8, 4) is 11.4 Å². The Morgan fingerprint density at radius 3 is 2.38 bits per heavy atom. The molecule has 0 aliphatic carbocycles. The molecule has 1 N–H and O–H groups in total. The summed E-state index contributed by atoms with van der Waals surface area (Å²) < 4.78 is 45.7. The quantitative estimate of drug-likeness (QED) is 0.592. The number of anilines is 1. The van der Waals surface area contributed by atoms with Crippen molar-refractivity contribution in [3.05, 3.63) is 81.8 Å². The molecule has 34 heavy (non-hydrogen) atoms. The van der Waals surface area contributed by atoms with E-state index in [0.29, 0.717) is 11.4 Å². The molecule has 8 nitrogen and oxygen atoms in total. The summed E-state index contributed by atoms with van der Waals surface area (Å²) >= 11 is 0. The molecule has 11 heteroatoms. The predicted octanol–water partition coefficient (Wildman–Crippen LogP) is 3.28. The fourth-order valence-electron chi connectivity index (χ4n) is 2.88. The van der Waals surface area contributed by atoms with Crippen LogP contribution in [0.2, 0.25) is 0 Å². The molecule has 0 spiro atoms. The van der Waals surface area contributed by atoms with E-state index < -0.39 is 28.8 Å². The third kappa shape index (κ3) is 5.80. The zero-order valence-corrected chi connectivity index (χ0v) is 18.5. The zero-order valence-electron chi connectivity index (χ0n) is 18.5. The van der Waals surface area contributed by atoms with Gasteiger partial charge in [-0.05, 0) is 49.4 Å². The summed E-state index contributed by atoms with van der Waals surface area (Å²) in [7, 11) is 3.20. The van der Waals surface area contributed by atoms with E-state index in [1.807, 2.05) is 0 Å². The first-order valence-corrected chi connectivity index (χ1v) is 9.98. The lowest BCUT2D eigenvalue weighted by Gasteiger charge is -2.14. The van der Waals surface area contributed by atoms with Crippen LogP contribution in [-0.4, -0.2) is 47.2 Å². The SMILES string of the molecule is Cc1cc(=O)c(C(=O)Nc2ccc(OCC(=O)N(C)C)cc2)nn1-c1cccc(C(F)(F)F)c1. The first kappa shape index (κ1) is 24.5. The fourth-order valence-corrected chi connectivity index (χ4v) is 2.88. The van der Waals surface area contributed by atoms with E-state index in [2.05, 4.69) is 10.4 Å². The summed E-state index contributed by atoms with van der Waals surface area (Å²) in [6.07, 6.45) is -4.56. The molecule has 0 radical (unpaired) electrons. The van der Waals surface area contributed by atoms with Gasteiger partial charge in [-0.3, -0.25) is 14.4 Å². The number of hydrogen-bond acceptors (Lipinski definition) is 5. The van der Waals surface area contributed by atoms with Gasteiger partial charge in [-0.1, -0.05) is 6.07 Å². The van der Waals surface area contributed by atoms with Crippen LogP contribution in [-0.2, 0) is 11.0 Å². The van der Waals surface area contributed by atoms with Gasteiger partial charge in [0.25, 0.3) is 11.8 Å². The Morgan fingerprint density at radius 1 is 1.09 bits per heavy atom.